The van der Waals surface area contributed by atoms with E-state index in [0.29, 0.717) is 18.3 Å². The molecule has 19 heavy (non-hydrogen) atoms. The second-order valence-corrected chi connectivity index (χ2v) is 4.64. The number of nitrogens with two attached hydrogens (primary N) is 1. The number of aromatic nitrogens is 2. The van der Waals surface area contributed by atoms with Gasteiger partial charge in [-0.2, -0.15) is 4.98 Å². The molecule has 6 heteroatoms. The summed E-state index contributed by atoms with van der Waals surface area (Å²) in [4.78, 5) is 6.41. The molecule has 0 atom stereocenters. The molecule has 1 heterocycles. The normalized spacial score (nSPS) is 10.7. The van der Waals surface area contributed by atoms with Crippen molar-refractivity contribution in [3.63, 3.8) is 0 Å². The van der Waals surface area contributed by atoms with Gasteiger partial charge in [0.15, 0.2) is 5.82 Å². The highest BCUT2D eigenvalue weighted by Crippen LogP contribution is 2.19. The standard InChI is InChI=1S/C13H17ClN4O/c1-2-7-18(11-5-3-10(14)4-6-11)9-12-16-13(8-15)19-17-12/h3-6H,2,7-9,15H2,1H3. The highest BCUT2D eigenvalue weighted by molar-refractivity contribution is 6.30. The molecule has 0 bridgehead atoms. The van der Waals surface area contributed by atoms with Crippen LogP contribution in [0.4, 0.5) is 5.69 Å². The first-order valence-corrected chi connectivity index (χ1v) is 6.62. The van der Waals surface area contributed by atoms with E-state index in [1.807, 2.05) is 24.3 Å². The maximum absolute atomic E-state index is 5.90. The van der Waals surface area contributed by atoms with Gasteiger partial charge in [-0.1, -0.05) is 23.7 Å². The van der Waals surface area contributed by atoms with Gasteiger partial charge >= 0.3 is 0 Å². The van der Waals surface area contributed by atoms with Gasteiger partial charge in [-0.25, -0.2) is 0 Å². The summed E-state index contributed by atoms with van der Waals surface area (Å²) in [5.41, 5.74) is 6.54. The van der Waals surface area contributed by atoms with E-state index in [0.717, 1.165) is 23.7 Å². The smallest absolute Gasteiger partial charge is 0.240 e. The van der Waals surface area contributed by atoms with Crippen molar-refractivity contribution in [1.29, 1.82) is 0 Å². The van der Waals surface area contributed by atoms with Crippen molar-refractivity contribution in [3.8, 4) is 0 Å². The SMILES string of the molecule is CCCN(Cc1noc(CN)n1)c1ccc(Cl)cc1. The number of anilines is 1. The molecule has 0 aliphatic rings. The molecule has 0 spiro atoms. The van der Waals surface area contributed by atoms with Crippen LogP contribution in [0.15, 0.2) is 28.8 Å². The Bertz CT molecular complexity index is 512. The van der Waals surface area contributed by atoms with Crippen molar-refractivity contribution in [2.24, 2.45) is 5.73 Å². The lowest BCUT2D eigenvalue weighted by Crippen LogP contribution is -2.24. The third-order valence-electron chi connectivity index (χ3n) is 2.70. The third kappa shape index (κ3) is 3.68. The summed E-state index contributed by atoms with van der Waals surface area (Å²) in [6, 6.07) is 7.73. The van der Waals surface area contributed by atoms with E-state index < -0.39 is 0 Å². The molecule has 2 aromatic rings. The Morgan fingerprint density at radius 2 is 2.05 bits per heavy atom. The third-order valence-corrected chi connectivity index (χ3v) is 2.95. The molecule has 5 nitrogen and oxygen atoms in total. The Labute approximate surface area is 117 Å². The molecule has 0 saturated carbocycles. The lowest BCUT2D eigenvalue weighted by atomic mass is 10.2. The average Bonchev–Trinajstić information content (AvgIpc) is 2.87. The number of nitrogens with zero attached hydrogens (tertiary/aromatic N) is 3. The molecule has 0 aliphatic carbocycles. The Balaban J connectivity index is 2.13. The molecule has 0 aliphatic heterocycles. The fourth-order valence-electron chi connectivity index (χ4n) is 1.83. The summed E-state index contributed by atoms with van der Waals surface area (Å²) in [7, 11) is 0. The maximum atomic E-state index is 5.90. The van der Waals surface area contributed by atoms with Crippen LogP contribution in [0.25, 0.3) is 0 Å². The van der Waals surface area contributed by atoms with Gasteiger partial charge in [0.1, 0.15) is 0 Å². The highest BCUT2D eigenvalue weighted by atomic mass is 35.5. The zero-order valence-electron chi connectivity index (χ0n) is 10.8. The summed E-state index contributed by atoms with van der Waals surface area (Å²) >= 11 is 5.90. The molecule has 1 aromatic carbocycles. The summed E-state index contributed by atoms with van der Waals surface area (Å²) in [5.74, 6) is 1.10. The summed E-state index contributed by atoms with van der Waals surface area (Å²) in [6.07, 6.45) is 1.03. The Morgan fingerprint density at radius 1 is 1.32 bits per heavy atom. The van der Waals surface area contributed by atoms with Gasteiger partial charge in [0.2, 0.25) is 5.89 Å². The van der Waals surface area contributed by atoms with Crippen LogP contribution in [0.3, 0.4) is 0 Å². The summed E-state index contributed by atoms with van der Waals surface area (Å²) < 4.78 is 5.01. The number of rotatable bonds is 6. The first kappa shape index (κ1) is 13.8. The zero-order chi connectivity index (χ0) is 13.7. The maximum Gasteiger partial charge on any atom is 0.240 e. The minimum atomic E-state index is 0.266. The molecule has 0 saturated heterocycles. The number of benzene rings is 1. The van der Waals surface area contributed by atoms with E-state index in [-0.39, 0.29) is 6.54 Å². The van der Waals surface area contributed by atoms with Gasteiger partial charge in [-0.15, -0.1) is 0 Å². The molecular weight excluding hydrogens is 264 g/mol. The van der Waals surface area contributed by atoms with Crippen LogP contribution in [0.5, 0.6) is 0 Å². The molecule has 2 N–H and O–H groups in total. The van der Waals surface area contributed by atoms with Crippen LogP contribution in [0.2, 0.25) is 5.02 Å². The quantitative estimate of drug-likeness (QED) is 0.881. The fourth-order valence-corrected chi connectivity index (χ4v) is 1.96. The first-order chi connectivity index (χ1) is 9.22. The van der Waals surface area contributed by atoms with E-state index in [4.69, 9.17) is 21.9 Å². The van der Waals surface area contributed by atoms with Gasteiger partial charge in [0, 0.05) is 17.3 Å². The Hall–Kier alpha value is -1.59. The molecular formula is C13H17ClN4O. The second kappa shape index (κ2) is 6.54. The van der Waals surface area contributed by atoms with Gasteiger partial charge in [-0.05, 0) is 30.7 Å². The van der Waals surface area contributed by atoms with Crippen molar-refractivity contribution in [2.75, 3.05) is 11.4 Å². The Morgan fingerprint density at radius 3 is 2.63 bits per heavy atom. The van der Waals surface area contributed by atoms with Crippen LogP contribution >= 0.6 is 11.6 Å². The molecule has 2 rings (SSSR count). The van der Waals surface area contributed by atoms with E-state index in [1.54, 1.807) is 0 Å². The van der Waals surface area contributed by atoms with Crippen molar-refractivity contribution in [3.05, 3.63) is 41.0 Å². The van der Waals surface area contributed by atoms with Crippen molar-refractivity contribution >= 4 is 17.3 Å². The zero-order valence-corrected chi connectivity index (χ0v) is 11.6. The minimum Gasteiger partial charge on any atom is -0.364 e. The first-order valence-electron chi connectivity index (χ1n) is 6.25. The lowest BCUT2D eigenvalue weighted by molar-refractivity contribution is 0.374. The van der Waals surface area contributed by atoms with Gasteiger partial charge in [0.25, 0.3) is 0 Å². The molecule has 1 aromatic heterocycles. The molecule has 0 radical (unpaired) electrons. The lowest BCUT2D eigenvalue weighted by Gasteiger charge is -2.22. The fraction of sp³-hybridized carbons (Fsp3) is 0.385. The van der Waals surface area contributed by atoms with E-state index in [1.165, 1.54) is 0 Å². The van der Waals surface area contributed by atoms with Crippen LogP contribution in [-0.2, 0) is 13.1 Å². The molecule has 102 valence electrons. The van der Waals surface area contributed by atoms with Crippen molar-refractivity contribution in [2.45, 2.75) is 26.4 Å². The number of halogens is 1. The number of hydrogen-bond acceptors (Lipinski definition) is 5. The predicted octanol–water partition coefficient (Wildman–Crippen LogP) is 2.60. The van der Waals surface area contributed by atoms with Crippen LogP contribution in [0.1, 0.15) is 25.1 Å². The van der Waals surface area contributed by atoms with Crippen LogP contribution < -0.4 is 10.6 Å². The van der Waals surface area contributed by atoms with Crippen molar-refractivity contribution < 1.29 is 4.52 Å². The second-order valence-electron chi connectivity index (χ2n) is 4.21. The van der Waals surface area contributed by atoms with Gasteiger partial charge < -0.3 is 15.2 Å². The van der Waals surface area contributed by atoms with E-state index >= 15 is 0 Å². The monoisotopic (exact) mass is 280 g/mol. The highest BCUT2D eigenvalue weighted by Gasteiger charge is 2.11. The van der Waals surface area contributed by atoms with E-state index in [9.17, 15) is 0 Å². The summed E-state index contributed by atoms with van der Waals surface area (Å²) in [6.45, 7) is 3.90. The Kier molecular flexibility index (Phi) is 4.76. The average molecular weight is 281 g/mol. The number of hydrogen-bond donors (Lipinski definition) is 1. The summed E-state index contributed by atoms with van der Waals surface area (Å²) in [5, 5.41) is 4.65. The van der Waals surface area contributed by atoms with Crippen LogP contribution in [-0.4, -0.2) is 16.7 Å². The van der Waals surface area contributed by atoms with Gasteiger partial charge in [-0.3, -0.25) is 0 Å². The molecule has 0 unspecified atom stereocenters. The minimum absolute atomic E-state index is 0.266. The predicted molar refractivity (Wildman–Crippen MR) is 75.0 cm³/mol. The van der Waals surface area contributed by atoms with Crippen LogP contribution in [0, 0.1) is 0 Å². The van der Waals surface area contributed by atoms with Crippen molar-refractivity contribution in [1.82, 2.24) is 10.1 Å². The molecule has 0 amide bonds. The van der Waals surface area contributed by atoms with Gasteiger partial charge in [0.05, 0.1) is 13.1 Å². The molecule has 0 fully saturated rings. The van der Waals surface area contributed by atoms with E-state index in [2.05, 4.69) is 22.0 Å². The topological polar surface area (TPSA) is 68.2 Å². The largest absolute Gasteiger partial charge is 0.364 e.